The lowest BCUT2D eigenvalue weighted by atomic mass is 10.2. The molecule has 1 aromatic rings. The summed E-state index contributed by atoms with van der Waals surface area (Å²) in [5.74, 6) is 0. The zero-order valence-corrected chi connectivity index (χ0v) is 11.6. The topological polar surface area (TPSA) is 39.6 Å². The van der Waals surface area contributed by atoms with Gasteiger partial charge in [0.15, 0.2) is 5.13 Å². The van der Waals surface area contributed by atoms with Gasteiger partial charge in [-0.15, -0.1) is 11.3 Å². The number of thiazole rings is 1. The summed E-state index contributed by atoms with van der Waals surface area (Å²) in [5.41, 5.74) is 0.788. The Balaban J connectivity index is 1.96. The van der Waals surface area contributed by atoms with Gasteiger partial charge in [0.2, 0.25) is 0 Å². The first-order valence-electron chi connectivity index (χ1n) is 6.20. The quantitative estimate of drug-likeness (QED) is 0.893. The Kier molecular flexibility index (Phi) is 4.01. The fourth-order valence-corrected chi connectivity index (χ4v) is 3.01. The second-order valence-electron chi connectivity index (χ2n) is 4.85. The molecule has 1 N–H and O–H groups in total. The van der Waals surface area contributed by atoms with Crippen LogP contribution in [0.5, 0.6) is 0 Å². The molecular formula is C12H21N3OS. The Morgan fingerprint density at radius 3 is 2.35 bits per heavy atom. The van der Waals surface area contributed by atoms with E-state index in [1.807, 2.05) is 5.38 Å². The van der Waals surface area contributed by atoms with Crippen LogP contribution in [-0.4, -0.2) is 47.2 Å². The minimum Gasteiger partial charge on any atom is -0.387 e. The lowest BCUT2D eigenvalue weighted by Crippen LogP contribution is -2.48. The SMILES string of the molecule is CC(O)c1csc(N2CCN(C(C)C)CC2)n1. The molecule has 0 aromatic carbocycles. The predicted molar refractivity (Wildman–Crippen MR) is 71.7 cm³/mol. The lowest BCUT2D eigenvalue weighted by Gasteiger charge is -2.36. The summed E-state index contributed by atoms with van der Waals surface area (Å²) in [6.07, 6.45) is -0.461. The van der Waals surface area contributed by atoms with Crippen molar-refractivity contribution >= 4 is 16.5 Å². The van der Waals surface area contributed by atoms with Crippen LogP contribution < -0.4 is 4.90 Å². The van der Waals surface area contributed by atoms with E-state index in [9.17, 15) is 5.11 Å². The minimum atomic E-state index is -0.461. The van der Waals surface area contributed by atoms with Crippen LogP contribution >= 0.6 is 11.3 Å². The highest BCUT2D eigenvalue weighted by atomic mass is 32.1. The van der Waals surface area contributed by atoms with Crippen LogP contribution in [0.3, 0.4) is 0 Å². The Morgan fingerprint density at radius 1 is 1.24 bits per heavy atom. The van der Waals surface area contributed by atoms with Gasteiger partial charge < -0.3 is 10.0 Å². The second kappa shape index (κ2) is 5.33. The number of hydrogen-bond donors (Lipinski definition) is 1. The summed E-state index contributed by atoms with van der Waals surface area (Å²) < 4.78 is 0. The minimum absolute atomic E-state index is 0.461. The summed E-state index contributed by atoms with van der Waals surface area (Å²) in [6, 6.07) is 0.626. The van der Waals surface area contributed by atoms with E-state index < -0.39 is 6.10 Å². The average molecular weight is 255 g/mol. The highest BCUT2D eigenvalue weighted by Gasteiger charge is 2.21. The third-order valence-electron chi connectivity index (χ3n) is 3.25. The molecule has 1 atom stereocenters. The zero-order valence-electron chi connectivity index (χ0n) is 10.8. The first-order valence-corrected chi connectivity index (χ1v) is 7.08. The van der Waals surface area contributed by atoms with Crippen molar-refractivity contribution in [3.63, 3.8) is 0 Å². The van der Waals surface area contributed by atoms with Crippen LogP contribution in [0.25, 0.3) is 0 Å². The number of aliphatic hydroxyl groups excluding tert-OH is 1. The van der Waals surface area contributed by atoms with E-state index in [1.165, 1.54) is 0 Å². The van der Waals surface area contributed by atoms with Crippen molar-refractivity contribution in [3.8, 4) is 0 Å². The summed E-state index contributed by atoms with van der Waals surface area (Å²) in [7, 11) is 0. The van der Waals surface area contributed by atoms with E-state index in [4.69, 9.17) is 0 Å². The number of aromatic nitrogens is 1. The average Bonchev–Trinajstić information content (AvgIpc) is 2.78. The molecule has 1 unspecified atom stereocenters. The maximum absolute atomic E-state index is 9.47. The summed E-state index contributed by atoms with van der Waals surface area (Å²) >= 11 is 1.63. The molecule has 5 heteroatoms. The summed E-state index contributed by atoms with van der Waals surface area (Å²) in [5, 5.41) is 12.5. The van der Waals surface area contributed by atoms with Crippen LogP contribution in [-0.2, 0) is 0 Å². The molecule has 2 rings (SSSR count). The Morgan fingerprint density at radius 2 is 1.88 bits per heavy atom. The van der Waals surface area contributed by atoms with Crippen LogP contribution in [0.2, 0.25) is 0 Å². The number of hydrogen-bond acceptors (Lipinski definition) is 5. The van der Waals surface area contributed by atoms with Crippen molar-refractivity contribution in [2.75, 3.05) is 31.1 Å². The van der Waals surface area contributed by atoms with Crippen LogP contribution in [0.15, 0.2) is 5.38 Å². The van der Waals surface area contributed by atoms with Gasteiger partial charge in [-0.25, -0.2) is 4.98 Å². The van der Waals surface area contributed by atoms with Crippen molar-refractivity contribution in [1.82, 2.24) is 9.88 Å². The van der Waals surface area contributed by atoms with Gasteiger partial charge >= 0.3 is 0 Å². The monoisotopic (exact) mass is 255 g/mol. The van der Waals surface area contributed by atoms with E-state index in [0.29, 0.717) is 6.04 Å². The molecule has 1 fully saturated rings. The molecule has 1 aromatic heterocycles. The van der Waals surface area contributed by atoms with Gasteiger partial charge in [-0.05, 0) is 20.8 Å². The number of piperazine rings is 1. The van der Waals surface area contributed by atoms with Crippen LogP contribution in [0.1, 0.15) is 32.6 Å². The number of aliphatic hydroxyl groups is 1. The largest absolute Gasteiger partial charge is 0.387 e. The maximum Gasteiger partial charge on any atom is 0.185 e. The number of rotatable bonds is 3. The molecule has 0 radical (unpaired) electrons. The van der Waals surface area contributed by atoms with E-state index in [-0.39, 0.29) is 0 Å². The molecule has 0 spiro atoms. The van der Waals surface area contributed by atoms with Crippen molar-refractivity contribution < 1.29 is 5.11 Å². The molecule has 4 nitrogen and oxygen atoms in total. The first-order chi connectivity index (χ1) is 8.08. The Labute approximate surface area is 107 Å². The fourth-order valence-electron chi connectivity index (χ4n) is 2.04. The van der Waals surface area contributed by atoms with Crippen LogP contribution in [0, 0.1) is 0 Å². The molecule has 1 aliphatic heterocycles. The normalized spacial score (nSPS) is 19.9. The summed E-state index contributed by atoms with van der Waals surface area (Å²) in [6.45, 7) is 10.5. The van der Waals surface area contributed by atoms with Gasteiger partial charge in [-0.2, -0.15) is 0 Å². The summed E-state index contributed by atoms with van der Waals surface area (Å²) in [4.78, 5) is 9.28. The van der Waals surface area contributed by atoms with Gasteiger partial charge in [-0.1, -0.05) is 0 Å². The van der Waals surface area contributed by atoms with Gasteiger partial charge in [0.05, 0.1) is 11.8 Å². The molecule has 0 bridgehead atoms. The van der Waals surface area contributed by atoms with Crippen molar-refractivity contribution in [3.05, 3.63) is 11.1 Å². The van der Waals surface area contributed by atoms with Gasteiger partial charge in [-0.3, -0.25) is 4.90 Å². The Hall–Kier alpha value is -0.650. The van der Waals surface area contributed by atoms with E-state index in [1.54, 1.807) is 18.3 Å². The molecule has 0 amide bonds. The standard InChI is InChI=1S/C12H21N3OS/c1-9(2)14-4-6-15(7-5-14)12-13-11(8-17-12)10(3)16/h8-10,16H,4-7H2,1-3H3. The highest BCUT2D eigenvalue weighted by molar-refractivity contribution is 7.13. The predicted octanol–water partition coefficient (Wildman–Crippen LogP) is 1.73. The van der Waals surface area contributed by atoms with Crippen molar-refractivity contribution in [1.29, 1.82) is 0 Å². The molecule has 1 saturated heterocycles. The zero-order chi connectivity index (χ0) is 12.4. The van der Waals surface area contributed by atoms with Gasteiger partial charge in [0, 0.05) is 37.6 Å². The molecule has 17 heavy (non-hydrogen) atoms. The Bertz CT molecular complexity index is 356. The highest BCUT2D eigenvalue weighted by Crippen LogP contribution is 2.25. The maximum atomic E-state index is 9.47. The molecule has 96 valence electrons. The van der Waals surface area contributed by atoms with E-state index >= 15 is 0 Å². The fraction of sp³-hybridized carbons (Fsp3) is 0.750. The third kappa shape index (κ3) is 2.97. The number of anilines is 1. The third-order valence-corrected chi connectivity index (χ3v) is 4.17. The van der Waals surface area contributed by atoms with E-state index in [2.05, 4.69) is 28.6 Å². The van der Waals surface area contributed by atoms with Gasteiger partial charge in [0.25, 0.3) is 0 Å². The van der Waals surface area contributed by atoms with Crippen LogP contribution in [0.4, 0.5) is 5.13 Å². The number of nitrogens with zero attached hydrogens (tertiary/aromatic N) is 3. The lowest BCUT2D eigenvalue weighted by molar-refractivity contribution is 0.194. The smallest absolute Gasteiger partial charge is 0.185 e. The molecule has 0 saturated carbocycles. The first kappa shape index (κ1) is 12.8. The molecule has 2 heterocycles. The van der Waals surface area contributed by atoms with E-state index in [0.717, 1.165) is 37.0 Å². The molecule has 0 aliphatic carbocycles. The van der Waals surface area contributed by atoms with Crippen molar-refractivity contribution in [2.45, 2.75) is 32.9 Å². The molecular weight excluding hydrogens is 234 g/mol. The van der Waals surface area contributed by atoms with Crippen molar-refractivity contribution in [2.24, 2.45) is 0 Å². The molecule has 1 aliphatic rings. The second-order valence-corrected chi connectivity index (χ2v) is 5.68. The van der Waals surface area contributed by atoms with Gasteiger partial charge in [0.1, 0.15) is 0 Å².